The molecule has 2 rings (SSSR count). The van der Waals surface area contributed by atoms with Gasteiger partial charge in [-0.1, -0.05) is 13.8 Å². The molecule has 0 bridgehead atoms. The lowest BCUT2D eigenvalue weighted by molar-refractivity contribution is 0.105. The molecule has 0 aromatic rings. The topological polar surface area (TPSA) is 36.9 Å². The maximum atomic E-state index is 5.65. The van der Waals surface area contributed by atoms with Crippen molar-refractivity contribution in [3.63, 3.8) is 0 Å². The Morgan fingerprint density at radius 1 is 1.30 bits per heavy atom. The number of hydrogen-bond acceptors (Lipinski definition) is 2. The second-order valence-electron chi connectivity index (χ2n) is 6.25. The number of piperidine rings is 1. The number of aliphatic imine (C=N–C) groups is 1. The largest absolute Gasteiger partial charge is 0.378 e. The molecule has 118 valence electrons. The van der Waals surface area contributed by atoms with E-state index in [-0.39, 0.29) is 24.0 Å². The molecule has 2 fully saturated rings. The zero-order valence-corrected chi connectivity index (χ0v) is 15.4. The van der Waals surface area contributed by atoms with Gasteiger partial charge in [0.1, 0.15) is 0 Å². The van der Waals surface area contributed by atoms with Crippen molar-refractivity contribution in [3.8, 4) is 0 Å². The van der Waals surface area contributed by atoms with Gasteiger partial charge in [0.2, 0.25) is 0 Å². The molecule has 0 amide bonds. The van der Waals surface area contributed by atoms with Gasteiger partial charge in [-0.15, -0.1) is 24.0 Å². The Labute approximate surface area is 140 Å². The summed E-state index contributed by atoms with van der Waals surface area (Å²) >= 11 is 0. The molecule has 0 spiro atoms. The zero-order valence-electron chi connectivity index (χ0n) is 13.1. The van der Waals surface area contributed by atoms with E-state index in [0.29, 0.717) is 6.10 Å². The van der Waals surface area contributed by atoms with Crippen molar-refractivity contribution in [2.45, 2.75) is 45.6 Å². The van der Waals surface area contributed by atoms with E-state index in [2.05, 4.69) is 29.1 Å². The van der Waals surface area contributed by atoms with E-state index < -0.39 is 0 Å². The molecule has 0 aromatic carbocycles. The molecule has 2 aliphatic heterocycles. The highest BCUT2D eigenvalue weighted by Crippen LogP contribution is 2.21. The van der Waals surface area contributed by atoms with Gasteiger partial charge >= 0.3 is 0 Å². The average Bonchev–Trinajstić information content (AvgIpc) is 2.86. The third-order valence-electron chi connectivity index (χ3n) is 4.15. The van der Waals surface area contributed by atoms with Crippen LogP contribution in [-0.4, -0.2) is 50.3 Å². The minimum atomic E-state index is 0. The SMILES string of the molecule is CN=C(NCCC1CCCO1)N1CC(C)CC(C)C1.I. The maximum absolute atomic E-state index is 5.65. The van der Waals surface area contributed by atoms with Crippen LogP contribution in [0.1, 0.15) is 39.5 Å². The predicted octanol–water partition coefficient (Wildman–Crippen LogP) is 2.73. The lowest BCUT2D eigenvalue weighted by Crippen LogP contribution is -2.48. The van der Waals surface area contributed by atoms with Crippen molar-refractivity contribution >= 4 is 29.9 Å². The number of likely N-dealkylation sites (tertiary alicyclic amines) is 1. The van der Waals surface area contributed by atoms with Gasteiger partial charge in [-0.2, -0.15) is 0 Å². The summed E-state index contributed by atoms with van der Waals surface area (Å²) in [6, 6.07) is 0. The molecule has 0 radical (unpaired) electrons. The molecule has 1 N–H and O–H groups in total. The number of hydrogen-bond donors (Lipinski definition) is 1. The first-order chi connectivity index (χ1) is 9.19. The molecular weight excluding hydrogens is 365 g/mol. The van der Waals surface area contributed by atoms with Crippen LogP contribution in [0.3, 0.4) is 0 Å². The standard InChI is InChI=1S/C15H29N3O.HI/c1-12-9-13(2)11-18(10-12)15(16-3)17-7-6-14-5-4-8-19-14;/h12-14H,4-11H2,1-3H3,(H,16,17);1H. The third-order valence-corrected chi connectivity index (χ3v) is 4.15. The summed E-state index contributed by atoms with van der Waals surface area (Å²) in [4.78, 5) is 6.85. The van der Waals surface area contributed by atoms with Crippen molar-refractivity contribution in [2.24, 2.45) is 16.8 Å². The van der Waals surface area contributed by atoms with Crippen LogP contribution in [0.15, 0.2) is 4.99 Å². The molecule has 2 aliphatic rings. The summed E-state index contributed by atoms with van der Waals surface area (Å²) in [5, 5.41) is 3.50. The lowest BCUT2D eigenvalue weighted by atomic mass is 9.92. The summed E-state index contributed by atoms with van der Waals surface area (Å²) in [6.45, 7) is 8.84. The number of nitrogens with one attached hydrogen (secondary N) is 1. The minimum Gasteiger partial charge on any atom is -0.378 e. The fraction of sp³-hybridized carbons (Fsp3) is 0.933. The molecule has 20 heavy (non-hydrogen) atoms. The van der Waals surface area contributed by atoms with E-state index >= 15 is 0 Å². The molecule has 2 saturated heterocycles. The third kappa shape index (κ3) is 5.39. The van der Waals surface area contributed by atoms with Gasteiger partial charge in [0.05, 0.1) is 6.10 Å². The van der Waals surface area contributed by atoms with Crippen LogP contribution in [0.5, 0.6) is 0 Å². The van der Waals surface area contributed by atoms with Crippen LogP contribution < -0.4 is 5.32 Å². The first-order valence-electron chi connectivity index (χ1n) is 7.76. The van der Waals surface area contributed by atoms with Crippen molar-refractivity contribution < 1.29 is 4.74 Å². The molecule has 3 atom stereocenters. The Bertz CT molecular complexity index is 295. The molecule has 5 heteroatoms. The van der Waals surface area contributed by atoms with E-state index in [0.717, 1.165) is 50.5 Å². The van der Waals surface area contributed by atoms with Gasteiger partial charge in [0.15, 0.2) is 5.96 Å². The molecule has 2 heterocycles. The summed E-state index contributed by atoms with van der Waals surface area (Å²) in [5.74, 6) is 2.59. The predicted molar refractivity (Wildman–Crippen MR) is 94.9 cm³/mol. The van der Waals surface area contributed by atoms with Gasteiger partial charge in [0.25, 0.3) is 0 Å². The van der Waals surface area contributed by atoms with Crippen LogP contribution in [0, 0.1) is 11.8 Å². The summed E-state index contributed by atoms with van der Waals surface area (Å²) < 4.78 is 5.65. The Kier molecular flexibility index (Phi) is 8.17. The first kappa shape index (κ1) is 18.0. The summed E-state index contributed by atoms with van der Waals surface area (Å²) in [6.07, 6.45) is 5.34. The van der Waals surface area contributed by atoms with Crippen molar-refractivity contribution in [2.75, 3.05) is 33.3 Å². The zero-order chi connectivity index (χ0) is 13.7. The minimum absolute atomic E-state index is 0. The molecule has 0 aliphatic carbocycles. The van der Waals surface area contributed by atoms with E-state index in [9.17, 15) is 0 Å². The highest BCUT2D eigenvalue weighted by molar-refractivity contribution is 14.0. The number of halogens is 1. The molecule has 3 unspecified atom stereocenters. The van der Waals surface area contributed by atoms with Gasteiger partial charge in [-0.3, -0.25) is 4.99 Å². The fourth-order valence-electron chi connectivity index (χ4n) is 3.39. The maximum Gasteiger partial charge on any atom is 0.193 e. The molecular formula is C15H30IN3O. The normalized spacial score (nSPS) is 31.1. The Balaban J connectivity index is 0.00000200. The second-order valence-corrected chi connectivity index (χ2v) is 6.25. The van der Waals surface area contributed by atoms with Crippen LogP contribution in [0.25, 0.3) is 0 Å². The average molecular weight is 395 g/mol. The second kappa shape index (κ2) is 9.07. The lowest BCUT2D eigenvalue weighted by Gasteiger charge is -2.37. The van der Waals surface area contributed by atoms with Crippen molar-refractivity contribution in [3.05, 3.63) is 0 Å². The van der Waals surface area contributed by atoms with E-state index in [4.69, 9.17) is 4.74 Å². The molecule has 0 aromatic heterocycles. The van der Waals surface area contributed by atoms with Gasteiger partial charge in [-0.25, -0.2) is 0 Å². The fourth-order valence-corrected chi connectivity index (χ4v) is 3.39. The highest BCUT2D eigenvalue weighted by atomic mass is 127. The van der Waals surface area contributed by atoms with E-state index in [1.165, 1.54) is 19.3 Å². The van der Waals surface area contributed by atoms with Crippen LogP contribution in [0.4, 0.5) is 0 Å². The van der Waals surface area contributed by atoms with Gasteiger partial charge < -0.3 is 15.0 Å². The number of nitrogens with zero attached hydrogens (tertiary/aromatic N) is 2. The number of guanidine groups is 1. The number of rotatable bonds is 3. The first-order valence-corrected chi connectivity index (χ1v) is 7.76. The Morgan fingerprint density at radius 3 is 2.55 bits per heavy atom. The van der Waals surface area contributed by atoms with Crippen LogP contribution >= 0.6 is 24.0 Å². The number of ether oxygens (including phenoxy) is 1. The van der Waals surface area contributed by atoms with Crippen LogP contribution in [-0.2, 0) is 4.74 Å². The summed E-state index contributed by atoms with van der Waals surface area (Å²) in [7, 11) is 1.89. The van der Waals surface area contributed by atoms with Gasteiger partial charge in [-0.05, 0) is 37.5 Å². The van der Waals surface area contributed by atoms with Gasteiger partial charge in [0, 0.05) is 33.3 Å². The Morgan fingerprint density at radius 2 is 2.00 bits per heavy atom. The molecule has 0 saturated carbocycles. The van der Waals surface area contributed by atoms with Crippen LogP contribution in [0.2, 0.25) is 0 Å². The highest BCUT2D eigenvalue weighted by Gasteiger charge is 2.24. The monoisotopic (exact) mass is 395 g/mol. The van der Waals surface area contributed by atoms with Crippen molar-refractivity contribution in [1.82, 2.24) is 10.2 Å². The van der Waals surface area contributed by atoms with E-state index in [1.54, 1.807) is 0 Å². The molecule has 4 nitrogen and oxygen atoms in total. The quantitative estimate of drug-likeness (QED) is 0.454. The van der Waals surface area contributed by atoms with E-state index in [1.807, 2.05) is 7.05 Å². The van der Waals surface area contributed by atoms with Crippen molar-refractivity contribution in [1.29, 1.82) is 0 Å². The smallest absolute Gasteiger partial charge is 0.193 e. The summed E-state index contributed by atoms with van der Waals surface area (Å²) in [5.41, 5.74) is 0. The Hall–Kier alpha value is -0.0400.